The Balaban J connectivity index is 1.46. The van der Waals surface area contributed by atoms with Crippen molar-refractivity contribution in [2.45, 2.75) is 26.2 Å². The summed E-state index contributed by atoms with van der Waals surface area (Å²) >= 11 is 0. The number of halogens is 2. The zero-order chi connectivity index (χ0) is 22.9. The number of alkyl halides is 2. The van der Waals surface area contributed by atoms with Crippen molar-refractivity contribution in [2.24, 2.45) is 0 Å². The van der Waals surface area contributed by atoms with Crippen LogP contribution in [0.1, 0.15) is 23.8 Å². The molecule has 0 spiro atoms. The summed E-state index contributed by atoms with van der Waals surface area (Å²) < 4.78 is 41.1. The molecule has 1 aromatic heterocycles. The van der Waals surface area contributed by atoms with Gasteiger partial charge in [0.05, 0.1) is 5.39 Å². The molecule has 0 radical (unpaired) electrons. The molecule has 1 aliphatic heterocycles. The Morgan fingerprint density at radius 1 is 1.12 bits per heavy atom. The Kier molecular flexibility index (Phi) is 5.47. The van der Waals surface area contributed by atoms with Gasteiger partial charge in [0.2, 0.25) is 0 Å². The van der Waals surface area contributed by atoms with Gasteiger partial charge in [-0.2, -0.15) is 5.10 Å². The first-order chi connectivity index (χ1) is 15.3. The standard InChI is InChI=1S/C21H17F2N3O6/c1-2-9-26-19(28)14-6-4-3-5-13(14)18(25-26)20(29)30-11-17(27)24-12-7-8-15-16(10-12)32-21(22,23)31-15/h3-8,10H,2,9,11H2,1H3,(H,24,27). The fourth-order valence-corrected chi connectivity index (χ4v) is 3.17. The number of carbonyl (C=O) groups excluding carboxylic acids is 2. The van der Waals surface area contributed by atoms with Crippen molar-refractivity contribution in [1.82, 2.24) is 9.78 Å². The van der Waals surface area contributed by atoms with E-state index in [-0.39, 0.29) is 28.4 Å². The molecule has 0 saturated carbocycles. The lowest BCUT2D eigenvalue weighted by atomic mass is 10.1. The van der Waals surface area contributed by atoms with Crippen LogP contribution in [0.4, 0.5) is 14.5 Å². The minimum absolute atomic E-state index is 0.0910. The second-order valence-corrected chi connectivity index (χ2v) is 6.88. The molecule has 2 aromatic carbocycles. The van der Waals surface area contributed by atoms with Crippen LogP contribution in [0.3, 0.4) is 0 Å². The van der Waals surface area contributed by atoms with Crippen LogP contribution in [0.15, 0.2) is 47.3 Å². The Morgan fingerprint density at radius 3 is 2.59 bits per heavy atom. The molecule has 1 N–H and O–H groups in total. The maximum Gasteiger partial charge on any atom is 0.586 e. The highest BCUT2D eigenvalue weighted by Crippen LogP contribution is 2.42. The SMILES string of the molecule is CCCn1nc(C(=O)OCC(=O)Nc2ccc3c(c2)OC(F)(F)O3)c2ccccc2c1=O. The lowest BCUT2D eigenvalue weighted by molar-refractivity contribution is -0.286. The quantitative estimate of drug-likeness (QED) is 0.581. The molecule has 0 atom stereocenters. The molecule has 11 heteroatoms. The van der Waals surface area contributed by atoms with Crippen molar-refractivity contribution in [3.05, 3.63) is 58.5 Å². The molecule has 0 fully saturated rings. The normalized spacial score (nSPS) is 13.7. The first kappa shape index (κ1) is 21.2. The number of benzene rings is 2. The van der Waals surface area contributed by atoms with Gasteiger partial charge in [-0.05, 0) is 24.6 Å². The summed E-state index contributed by atoms with van der Waals surface area (Å²) in [6.07, 6.45) is -3.14. The highest BCUT2D eigenvalue weighted by Gasteiger charge is 2.43. The van der Waals surface area contributed by atoms with Crippen LogP contribution in [0.5, 0.6) is 11.5 Å². The minimum Gasteiger partial charge on any atom is -0.451 e. The molecule has 1 aliphatic rings. The molecule has 0 bridgehead atoms. The van der Waals surface area contributed by atoms with E-state index in [1.807, 2.05) is 6.92 Å². The van der Waals surface area contributed by atoms with E-state index in [9.17, 15) is 23.2 Å². The molecule has 1 amide bonds. The molecule has 0 saturated heterocycles. The Labute approximate surface area is 179 Å². The molecule has 0 unspecified atom stereocenters. The molecule has 4 rings (SSSR count). The van der Waals surface area contributed by atoms with E-state index >= 15 is 0 Å². The molecule has 0 aliphatic carbocycles. The average molecular weight is 445 g/mol. The second-order valence-electron chi connectivity index (χ2n) is 6.88. The summed E-state index contributed by atoms with van der Waals surface area (Å²) in [4.78, 5) is 37.3. The number of fused-ring (bicyclic) bond motifs is 2. The van der Waals surface area contributed by atoms with Crippen LogP contribution < -0.4 is 20.3 Å². The lowest BCUT2D eigenvalue weighted by Gasteiger charge is -2.10. The third-order valence-electron chi connectivity index (χ3n) is 4.52. The van der Waals surface area contributed by atoms with E-state index in [0.29, 0.717) is 23.7 Å². The van der Waals surface area contributed by atoms with E-state index in [2.05, 4.69) is 19.9 Å². The number of aryl methyl sites for hydroxylation is 1. The Bertz CT molecular complexity index is 1270. The van der Waals surface area contributed by atoms with Gasteiger partial charge in [0, 0.05) is 23.7 Å². The number of rotatable bonds is 6. The number of amides is 1. The zero-order valence-electron chi connectivity index (χ0n) is 16.8. The number of carbonyl (C=O) groups is 2. The monoisotopic (exact) mass is 445 g/mol. The summed E-state index contributed by atoms with van der Waals surface area (Å²) in [5.74, 6) is -2.00. The number of esters is 1. The maximum atomic E-state index is 13.1. The van der Waals surface area contributed by atoms with Gasteiger partial charge >= 0.3 is 12.3 Å². The van der Waals surface area contributed by atoms with Crippen LogP contribution in [-0.2, 0) is 16.1 Å². The van der Waals surface area contributed by atoms with Gasteiger partial charge in [-0.1, -0.05) is 25.1 Å². The predicted molar refractivity (Wildman–Crippen MR) is 108 cm³/mol. The lowest BCUT2D eigenvalue weighted by Crippen LogP contribution is -2.27. The van der Waals surface area contributed by atoms with Crippen LogP contribution in [0, 0.1) is 0 Å². The van der Waals surface area contributed by atoms with Gasteiger partial charge in [0.15, 0.2) is 23.8 Å². The molecular formula is C21H17F2N3O6. The number of aromatic nitrogens is 2. The van der Waals surface area contributed by atoms with E-state index in [1.54, 1.807) is 24.3 Å². The molecule has 2 heterocycles. The summed E-state index contributed by atoms with van der Waals surface area (Å²) in [6, 6.07) is 10.2. The molecule has 9 nitrogen and oxygen atoms in total. The van der Waals surface area contributed by atoms with Crippen LogP contribution in [0.2, 0.25) is 0 Å². The van der Waals surface area contributed by atoms with Crippen molar-refractivity contribution >= 4 is 28.3 Å². The van der Waals surface area contributed by atoms with E-state index in [4.69, 9.17) is 4.74 Å². The Morgan fingerprint density at radius 2 is 1.84 bits per heavy atom. The van der Waals surface area contributed by atoms with Crippen molar-refractivity contribution in [2.75, 3.05) is 11.9 Å². The molecule has 166 valence electrons. The second kappa shape index (κ2) is 8.25. The number of anilines is 1. The third-order valence-corrected chi connectivity index (χ3v) is 4.52. The van der Waals surface area contributed by atoms with Gasteiger partial charge in [-0.3, -0.25) is 9.59 Å². The van der Waals surface area contributed by atoms with Gasteiger partial charge in [-0.15, -0.1) is 8.78 Å². The highest BCUT2D eigenvalue weighted by atomic mass is 19.3. The van der Waals surface area contributed by atoms with E-state index in [0.717, 1.165) is 6.07 Å². The first-order valence-corrected chi connectivity index (χ1v) is 9.64. The van der Waals surface area contributed by atoms with Crippen LogP contribution in [-0.4, -0.2) is 34.6 Å². The smallest absolute Gasteiger partial charge is 0.451 e. The van der Waals surface area contributed by atoms with Gasteiger partial charge in [0.1, 0.15) is 0 Å². The van der Waals surface area contributed by atoms with Gasteiger partial charge in [-0.25, -0.2) is 9.48 Å². The number of hydrogen-bond donors (Lipinski definition) is 1. The van der Waals surface area contributed by atoms with Crippen molar-refractivity contribution < 1.29 is 32.6 Å². The summed E-state index contributed by atoms with van der Waals surface area (Å²) in [6.45, 7) is 1.52. The maximum absolute atomic E-state index is 13.1. The summed E-state index contributed by atoms with van der Waals surface area (Å²) in [5.41, 5.74) is -0.275. The summed E-state index contributed by atoms with van der Waals surface area (Å²) in [7, 11) is 0. The molecule has 3 aromatic rings. The largest absolute Gasteiger partial charge is 0.586 e. The highest BCUT2D eigenvalue weighted by molar-refractivity contribution is 6.03. The number of ether oxygens (including phenoxy) is 3. The third kappa shape index (κ3) is 4.22. The Hall–Kier alpha value is -4.02. The van der Waals surface area contributed by atoms with Gasteiger partial charge < -0.3 is 19.5 Å². The number of nitrogens with one attached hydrogen (secondary N) is 1. The van der Waals surface area contributed by atoms with Gasteiger partial charge in [0.25, 0.3) is 11.5 Å². The van der Waals surface area contributed by atoms with E-state index < -0.39 is 24.8 Å². The van der Waals surface area contributed by atoms with Crippen LogP contribution >= 0.6 is 0 Å². The number of hydrogen-bond acceptors (Lipinski definition) is 7. The predicted octanol–water partition coefficient (Wildman–Crippen LogP) is 2.92. The molecule has 32 heavy (non-hydrogen) atoms. The molecular weight excluding hydrogens is 428 g/mol. The fraction of sp³-hybridized carbons (Fsp3) is 0.238. The van der Waals surface area contributed by atoms with Crippen molar-refractivity contribution in [3.8, 4) is 11.5 Å². The van der Waals surface area contributed by atoms with Crippen molar-refractivity contribution in [3.63, 3.8) is 0 Å². The number of nitrogens with zero attached hydrogens (tertiary/aromatic N) is 2. The van der Waals surface area contributed by atoms with Crippen molar-refractivity contribution in [1.29, 1.82) is 0 Å². The topological polar surface area (TPSA) is 109 Å². The first-order valence-electron chi connectivity index (χ1n) is 9.64. The minimum atomic E-state index is -3.77. The van der Waals surface area contributed by atoms with E-state index in [1.165, 1.54) is 16.8 Å². The fourth-order valence-electron chi connectivity index (χ4n) is 3.17. The summed E-state index contributed by atoms with van der Waals surface area (Å²) in [5, 5.41) is 7.13. The van der Waals surface area contributed by atoms with Crippen LogP contribution in [0.25, 0.3) is 10.8 Å². The zero-order valence-corrected chi connectivity index (χ0v) is 16.8. The average Bonchev–Trinajstić information content (AvgIpc) is 3.07.